The maximum Gasteiger partial charge on any atom is 0.326 e. The zero-order valence-corrected chi connectivity index (χ0v) is 23.2. The molecule has 1 fully saturated rings. The van der Waals surface area contributed by atoms with Crippen LogP contribution in [-0.2, 0) is 19.1 Å². The van der Waals surface area contributed by atoms with Gasteiger partial charge in [0, 0.05) is 5.69 Å². The Bertz CT molecular complexity index is 1230. The fraction of sp³-hybridized carbons (Fsp3) is 0.280. The first-order valence-corrected chi connectivity index (χ1v) is 13.1. The van der Waals surface area contributed by atoms with Gasteiger partial charge in [-0.25, -0.2) is 4.39 Å². The highest BCUT2D eigenvalue weighted by Gasteiger charge is 2.37. The van der Waals surface area contributed by atoms with Crippen LogP contribution in [0.25, 0.3) is 6.08 Å². The van der Waals surface area contributed by atoms with Crippen molar-refractivity contribution < 1.29 is 37.8 Å². The van der Waals surface area contributed by atoms with Gasteiger partial charge in [0.15, 0.2) is 18.1 Å². The van der Waals surface area contributed by atoms with Crippen molar-refractivity contribution in [2.45, 2.75) is 26.9 Å². The number of nitrogens with one attached hydrogen (secondary N) is 1. The first-order chi connectivity index (χ1) is 17.6. The summed E-state index contributed by atoms with van der Waals surface area (Å²) in [5.41, 5.74) is 0.989. The van der Waals surface area contributed by atoms with Crippen molar-refractivity contribution in [2.24, 2.45) is 0 Å². The maximum atomic E-state index is 13.1. The molecule has 0 aromatic heterocycles. The van der Waals surface area contributed by atoms with E-state index in [4.69, 9.17) is 14.2 Å². The Balaban J connectivity index is 1.74. The third-order valence-electron chi connectivity index (χ3n) is 4.63. The van der Waals surface area contributed by atoms with E-state index < -0.39 is 35.4 Å². The minimum Gasteiger partial charge on any atom is -0.490 e. The largest absolute Gasteiger partial charge is 0.490 e. The summed E-state index contributed by atoms with van der Waals surface area (Å²) in [6, 6.07) is 8.67. The van der Waals surface area contributed by atoms with Crippen molar-refractivity contribution in [2.75, 3.05) is 25.1 Å². The molecule has 2 aromatic rings. The van der Waals surface area contributed by atoms with E-state index >= 15 is 0 Å². The van der Waals surface area contributed by atoms with Crippen molar-refractivity contribution in [1.29, 1.82) is 0 Å². The lowest BCUT2D eigenvalue weighted by Gasteiger charge is -2.15. The molecule has 0 radical (unpaired) electrons. The number of imide groups is 1. The molecular weight excluding hydrogens is 618 g/mol. The first kappa shape index (κ1) is 28.4. The number of carbonyl (C=O) groups excluding carboxylic acids is 4. The number of nitrogens with zero attached hydrogens (tertiary/aromatic N) is 1. The summed E-state index contributed by atoms with van der Waals surface area (Å²) in [6.45, 7) is 4.66. The number of halogens is 2. The second-order valence-electron chi connectivity index (χ2n) is 7.91. The zero-order valence-electron chi connectivity index (χ0n) is 20.2. The minimum absolute atomic E-state index is 0.146. The Labute approximate surface area is 230 Å². The summed E-state index contributed by atoms with van der Waals surface area (Å²) in [4.78, 5) is 50.2. The normalized spacial score (nSPS) is 14.3. The molecular formula is C25H24FIN2O7S. The number of hydrogen-bond donors (Lipinski definition) is 1. The van der Waals surface area contributed by atoms with Gasteiger partial charge in [-0.3, -0.25) is 24.1 Å². The van der Waals surface area contributed by atoms with Crippen molar-refractivity contribution in [1.82, 2.24) is 4.90 Å². The van der Waals surface area contributed by atoms with Crippen LogP contribution >= 0.6 is 34.4 Å². The van der Waals surface area contributed by atoms with Crippen molar-refractivity contribution >= 4 is 69.1 Å². The molecule has 0 unspecified atom stereocenters. The van der Waals surface area contributed by atoms with Crippen LogP contribution in [0.5, 0.6) is 11.5 Å². The molecule has 1 N–H and O–H groups in total. The number of benzene rings is 2. The van der Waals surface area contributed by atoms with E-state index in [2.05, 4.69) is 5.32 Å². The van der Waals surface area contributed by atoms with Crippen LogP contribution in [0.2, 0.25) is 0 Å². The van der Waals surface area contributed by atoms with Gasteiger partial charge in [0.05, 0.1) is 21.2 Å². The molecule has 1 heterocycles. The number of amides is 3. The molecule has 1 saturated heterocycles. The molecule has 0 atom stereocenters. The SMILES string of the molecule is CCOc1cc(/C=C2/SC(=O)N(CC(=O)OC(C)C)C2=O)cc(I)c1OCC(=O)Nc1ccc(F)cc1. The molecule has 2 aromatic carbocycles. The van der Waals surface area contributed by atoms with Crippen LogP contribution < -0.4 is 14.8 Å². The Morgan fingerprint density at radius 2 is 1.86 bits per heavy atom. The summed E-state index contributed by atoms with van der Waals surface area (Å²) >= 11 is 2.74. The lowest BCUT2D eigenvalue weighted by molar-refractivity contribution is -0.149. The third-order valence-corrected chi connectivity index (χ3v) is 6.34. The Kier molecular flexibility index (Phi) is 9.92. The van der Waals surface area contributed by atoms with E-state index in [1.807, 2.05) is 22.6 Å². The van der Waals surface area contributed by atoms with Gasteiger partial charge in [0.25, 0.3) is 17.1 Å². The van der Waals surface area contributed by atoms with Crippen molar-refractivity contribution in [3.63, 3.8) is 0 Å². The molecule has 0 saturated carbocycles. The summed E-state index contributed by atoms with van der Waals surface area (Å²) in [5.74, 6) is -1.45. The highest BCUT2D eigenvalue weighted by Crippen LogP contribution is 2.37. The average Bonchev–Trinajstić information content (AvgIpc) is 3.07. The molecule has 1 aliphatic heterocycles. The Morgan fingerprint density at radius 3 is 2.51 bits per heavy atom. The average molecular weight is 642 g/mol. The number of hydrogen-bond acceptors (Lipinski definition) is 8. The number of anilines is 1. The summed E-state index contributed by atoms with van der Waals surface area (Å²) in [6.07, 6.45) is 1.16. The maximum absolute atomic E-state index is 13.1. The second kappa shape index (κ2) is 12.9. The van der Waals surface area contributed by atoms with E-state index in [-0.39, 0.29) is 17.6 Å². The molecule has 9 nitrogen and oxygen atoms in total. The van der Waals surface area contributed by atoms with Gasteiger partial charge < -0.3 is 19.5 Å². The Hall–Kier alpha value is -3.13. The number of thioether (sulfide) groups is 1. The highest BCUT2D eigenvalue weighted by molar-refractivity contribution is 14.1. The second-order valence-corrected chi connectivity index (χ2v) is 10.1. The highest BCUT2D eigenvalue weighted by atomic mass is 127. The zero-order chi connectivity index (χ0) is 27.1. The van der Waals surface area contributed by atoms with E-state index in [1.165, 1.54) is 30.3 Å². The Morgan fingerprint density at radius 1 is 1.16 bits per heavy atom. The van der Waals surface area contributed by atoms with Gasteiger partial charge in [-0.15, -0.1) is 0 Å². The van der Waals surface area contributed by atoms with Gasteiger partial charge >= 0.3 is 5.97 Å². The van der Waals surface area contributed by atoms with Crippen LogP contribution in [-0.4, -0.2) is 53.8 Å². The molecule has 0 spiro atoms. The minimum atomic E-state index is -0.670. The molecule has 3 amide bonds. The number of ether oxygens (including phenoxy) is 3. The van der Waals surface area contributed by atoms with E-state index in [0.717, 1.165) is 16.7 Å². The number of esters is 1. The molecule has 0 aliphatic carbocycles. The molecule has 3 rings (SSSR count). The smallest absolute Gasteiger partial charge is 0.326 e. The predicted molar refractivity (Wildman–Crippen MR) is 145 cm³/mol. The summed E-state index contributed by atoms with van der Waals surface area (Å²) < 4.78 is 30.1. The van der Waals surface area contributed by atoms with Crippen LogP contribution in [0, 0.1) is 9.39 Å². The van der Waals surface area contributed by atoms with Gasteiger partial charge in [-0.05, 0) is 103 Å². The number of carbonyl (C=O) groups is 4. The third kappa shape index (κ3) is 7.92. The lowest BCUT2D eigenvalue weighted by Crippen LogP contribution is -2.35. The van der Waals surface area contributed by atoms with E-state index in [9.17, 15) is 23.6 Å². The van der Waals surface area contributed by atoms with Crippen LogP contribution in [0.4, 0.5) is 14.9 Å². The predicted octanol–water partition coefficient (Wildman–Crippen LogP) is 4.83. The van der Waals surface area contributed by atoms with Gasteiger partial charge in [-0.2, -0.15) is 0 Å². The lowest BCUT2D eigenvalue weighted by atomic mass is 10.2. The van der Waals surface area contributed by atoms with Gasteiger partial charge in [-0.1, -0.05) is 0 Å². The van der Waals surface area contributed by atoms with Crippen LogP contribution in [0.1, 0.15) is 26.3 Å². The van der Waals surface area contributed by atoms with Crippen molar-refractivity contribution in [3.05, 3.63) is 56.3 Å². The molecule has 1 aliphatic rings. The first-order valence-electron chi connectivity index (χ1n) is 11.2. The monoisotopic (exact) mass is 642 g/mol. The van der Waals surface area contributed by atoms with Crippen LogP contribution in [0.3, 0.4) is 0 Å². The van der Waals surface area contributed by atoms with Gasteiger partial charge in [0.1, 0.15) is 12.4 Å². The molecule has 12 heteroatoms. The summed E-state index contributed by atoms with van der Waals surface area (Å²) in [5, 5.41) is 2.05. The topological polar surface area (TPSA) is 111 Å². The van der Waals surface area contributed by atoms with E-state index in [1.54, 1.807) is 32.9 Å². The van der Waals surface area contributed by atoms with Crippen molar-refractivity contribution in [3.8, 4) is 11.5 Å². The summed E-state index contributed by atoms with van der Waals surface area (Å²) in [7, 11) is 0. The standard InChI is InChI=1S/C25H24FIN2O7S/c1-4-34-19-10-15(11-20-24(32)29(25(33)37-20)12-22(31)36-14(2)3)9-18(27)23(19)35-13-21(30)28-17-7-5-16(26)6-8-17/h5-11,14H,4,12-13H2,1-3H3,(H,28,30)/b20-11+. The number of rotatable bonds is 10. The molecule has 37 heavy (non-hydrogen) atoms. The van der Waals surface area contributed by atoms with Gasteiger partial charge in [0.2, 0.25) is 0 Å². The molecule has 196 valence electrons. The fourth-order valence-electron chi connectivity index (χ4n) is 3.16. The fourth-order valence-corrected chi connectivity index (χ4v) is 4.78. The molecule has 0 bridgehead atoms. The quantitative estimate of drug-likeness (QED) is 0.223. The van der Waals surface area contributed by atoms with E-state index in [0.29, 0.717) is 32.9 Å². The van der Waals surface area contributed by atoms with Crippen LogP contribution in [0.15, 0.2) is 41.3 Å².